The maximum absolute atomic E-state index is 4.27. The van der Waals surface area contributed by atoms with Crippen LogP contribution in [0.2, 0.25) is 0 Å². The zero-order valence-corrected chi connectivity index (χ0v) is 12.2. The van der Waals surface area contributed by atoms with Gasteiger partial charge in [0.15, 0.2) is 0 Å². The van der Waals surface area contributed by atoms with Crippen LogP contribution in [0.4, 0.5) is 5.69 Å². The summed E-state index contributed by atoms with van der Waals surface area (Å²) >= 11 is 1.80. The molecule has 0 radical (unpaired) electrons. The van der Waals surface area contributed by atoms with Gasteiger partial charge in [-0.05, 0) is 41.6 Å². The van der Waals surface area contributed by atoms with Crippen LogP contribution in [-0.4, -0.2) is 9.78 Å². The number of hydrogen-bond acceptors (Lipinski definition) is 3. The molecule has 20 heavy (non-hydrogen) atoms. The summed E-state index contributed by atoms with van der Waals surface area (Å²) in [6.45, 7) is 3.82. The van der Waals surface area contributed by atoms with E-state index >= 15 is 0 Å². The third-order valence-electron chi connectivity index (χ3n) is 3.32. The number of nitrogens with one attached hydrogen (secondary N) is 1. The average Bonchev–Trinajstić information content (AvgIpc) is 3.10. The Morgan fingerprint density at radius 3 is 2.85 bits per heavy atom. The molecule has 0 atom stereocenters. The van der Waals surface area contributed by atoms with Crippen LogP contribution < -0.4 is 5.32 Å². The van der Waals surface area contributed by atoms with Gasteiger partial charge in [0.1, 0.15) is 0 Å². The molecule has 0 bridgehead atoms. The van der Waals surface area contributed by atoms with Crippen molar-refractivity contribution in [3.05, 3.63) is 70.2 Å². The van der Waals surface area contributed by atoms with Crippen LogP contribution in [-0.2, 0) is 13.1 Å². The lowest BCUT2D eigenvalue weighted by molar-refractivity contribution is 0.687. The van der Waals surface area contributed by atoms with E-state index in [2.05, 4.69) is 53.1 Å². The second-order valence-electron chi connectivity index (χ2n) is 4.74. The summed E-state index contributed by atoms with van der Waals surface area (Å²) in [4.78, 5) is 1.39. The van der Waals surface area contributed by atoms with Gasteiger partial charge in [-0.3, -0.25) is 4.68 Å². The molecule has 1 N–H and O–H groups in total. The Balaban J connectivity index is 1.74. The van der Waals surface area contributed by atoms with Crippen molar-refractivity contribution in [1.29, 1.82) is 0 Å². The summed E-state index contributed by atoms with van der Waals surface area (Å²) in [6.07, 6.45) is 3.80. The topological polar surface area (TPSA) is 29.9 Å². The van der Waals surface area contributed by atoms with Gasteiger partial charge in [-0.1, -0.05) is 18.2 Å². The maximum atomic E-state index is 4.27. The molecule has 3 rings (SSSR count). The molecule has 0 aliphatic rings. The zero-order chi connectivity index (χ0) is 13.8. The fraction of sp³-hybridized carbons (Fsp3) is 0.188. The van der Waals surface area contributed by atoms with Crippen LogP contribution in [0.5, 0.6) is 0 Å². The molecule has 0 saturated heterocycles. The van der Waals surface area contributed by atoms with E-state index in [1.54, 1.807) is 11.3 Å². The van der Waals surface area contributed by atoms with Crippen molar-refractivity contribution in [2.45, 2.75) is 20.0 Å². The molecule has 0 fully saturated rings. The summed E-state index contributed by atoms with van der Waals surface area (Å²) in [5, 5.41) is 9.95. The molecule has 2 aromatic heterocycles. The first kappa shape index (κ1) is 12.9. The number of hydrogen-bond donors (Lipinski definition) is 1. The van der Waals surface area contributed by atoms with Crippen molar-refractivity contribution >= 4 is 17.0 Å². The van der Waals surface area contributed by atoms with Crippen molar-refractivity contribution < 1.29 is 0 Å². The molecule has 0 amide bonds. The van der Waals surface area contributed by atoms with Crippen LogP contribution in [0.25, 0.3) is 0 Å². The Hall–Kier alpha value is -2.07. The summed E-state index contributed by atoms with van der Waals surface area (Å²) in [6, 6.07) is 12.5. The number of para-hydroxylation sites is 1. The molecule has 0 unspecified atom stereocenters. The Bertz CT molecular complexity index is 671. The molecule has 2 heterocycles. The summed E-state index contributed by atoms with van der Waals surface area (Å²) in [5.74, 6) is 0. The van der Waals surface area contributed by atoms with E-state index in [-0.39, 0.29) is 0 Å². The molecule has 0 spiro atoms. The highest BCUT2D eigenvalue weighted by Crippen LogP contribution is 2.20. The first-order valence-electron chi connectivity index (χ1n) is 6.65. The number of anilines is 1. The van der Waals surface area contributed by atoms with Crippen molar-refractivity contribution in [2.75, 3.05) is 5.32 Å². The minimum atomic E-state index is 0.791. The molecular weight excluding hydrogens is 266 g/mol. The molecule has 3 nitrogen and oxygen atoms in total. The molecule has 4 heteroatoms. The monoisotopic (exact) mass is 283 g/mol. The molecule has 0 aliphatic carbocycles. The van der Waals surface area contributed by atoms with Crippen molar-refractivity contribution in [3.63, 3.8) is 0 Å². The molecular formula is C16H17N3S. The van der Waals surface area contributed by atoms with Gasteiger partial charge < -0.3 is 5.32 Å². The Morgan fingerprint density at radius 2 is 2.10 bits per heavy atom. The fourth-order valence-corrected chi connectivity index (χ4v) is 3.01. The van der Waals surface area contributed by atoms with Gasteiger partial charge in [-0.15, -0.1) is 11.3 Å². The van der Waals surface area contributed by atoms with Crippen LogP contribution in [0.3, 0.4) is 0 Å². The van der Waals surface area contributed by atoms with E-state index in [1.807, 2.05) is 23.1 Å². The number of thiophene rings is 1. The summed E-state index contributed by atoms with van der Waals surface area (Å²) in [7, 11) is 0. The lowest BCUT2D eigenvalue weighted by Gasteiger charge is -2.12. The van der Waals surface area contributed by atoms with Crippen LogP contribution >= 0.6 is 11.3 Å². The second-order valence-corrected chi connectivity index (χ2v) is 5.74. The van der Waals surface area contributed by atoms with Crippen LogP contribution in [0.15, 0.2) is 54.2 Å². The number of benzene rings is 1. The minimum Gasteiger partial charge on any atom is -0.380 e. The SMILES string of the molecule is Cc1ccsc1CNc1ccccc1Cn1cccn1. The number of nitrogens with zero attached hydrogens (tertiary/aromatic N) is 2. The van der Waals surface area contributed by atoms with E-state index in [0.717, 1.165) is 13.1 Å². The predicted octanol–water partition coefficient (Wildman–Crippen LogP) is 3.91. The van der Waals surface area contributed by atoms with Gasteiger partial charge in [0.25, 0.3) is 0 Å². The first-order chi connectivity index (χ1) is 9.83. The highest BCUT2D eigenvalue weighted by atomic mass is 32.1. The molecule has 1 aromatic carbocycles. The normalized spacial score (nSPS) is 10.7. The first-order valence-corrected chi connectivity index (χ1v) is 7.53. The highest BCUT2D eigenvalue weighted by molar-refractivity contribution is 7.10. The molecule has 0 aliphatic heterocycles. The Morgan fingerprint density at radius 1 is 1.20 bits per heavy atom. The standard InChI is InChI=1S/C16H17N3S/c1-13-7-10-20-16(13)11-17-15-6-3-2-5-14(15)12-19-9-4-8-18-19/h2-10,17H,11-12H2,1H3. The van der Waals surface area contributed by atoms with Crippen LogP contribution in [0, 0.1) is 6.92 Å². The molecule has 3 aromatic rings. The lowest BCUT2D eigenvalue weighted by atomic mass is 10.1. The summed E-state index contributed by atoms with van der Waals surface area (Å²) < 4.78 is 1.94. The number of rotatable bonds is 5. The fourth-order valence-electron chi connectivity index (χ4n) is 2.16. The van der Waals surface area contributed by atoms with Gasteiger partial charge in [0.05, 0.1) is 6.54 Å². The van der Waals surface area contributed by atoms with Gasteiger partial charge in [-0.2, -0.15) is 5.10 Å². The Labute approximate surface area is 122 Å². The third-order valence-corrected chi connectivity index (χ3v) is 4.34. The molecule has 102 valence electrons. The number of aromatic nitrogens is 2. The second kappa shape index (κ2) is 5.92. The van der Waals surface area contributed by atoms with Crippen molar-refractivity contribution in [3.8, 4) is 0 Å². The van der Waals surface area contributed by atoms with Gasteiger partial charge >= 0.3 is 0 Å². The largest absolute Gasteiger partial charge is 0.380 e. The highest BCUT2D eigenvalue weighted by Gasteiger charge is 2.04. The lowest BCUT2D eigenvalue weighted by Crippen LogP contribution is -2.06. The van der Waals surface area contributed by atoms with E-state index < -0.39 is 0 Å². The smallest absolute Gasteiger partial charge is 0.0679 e. The van der Waals surface area contributed by atoms with Crippen LogP contribution in [0.1, 0.15) is 16.0 Å². The maximum Gasteiger partial charge on any atom is 0.0679 e. The van der Waals surface area contributed by atoms with E-state index in [1.165, 1.54) is 21.7 Å². The molecule has 0 saturated carbocycles. The minimum absolute atomic E-state index is 0.791. The quantitative estimate of drug-likeness (QED) is 0.769. The third kappa shape index (κ3) is 2.91. The Kier molecular flexibility index (Phi) is 3.83. The van der Waals surface area contributed by atoms with E-state index in [4.69, 9.17) is 0 Å². The van der Waals surface area contributed by atoms with Gasteiger partial charge in [0, 0.05) is 29.5 Å². The zero-order valence-electron chi connectivity index (χ0n) is 11.4. The van der Waals surface area contributed by atoms with Crippen molar-refractivity contribution in [2.24, 2.45) is 0 Å². The van der Waals surface area contributed by atoms with E-state index in [0.29, 0.717) is 0 Å². The van der Waals surface area contributed by atoms with Gasteiger partial charge in [0.2, 0.25) is 0 Å². The summed E-state index contributed by atoms with van der Waals surface area (Å²) in [5.41, 5.74) is 3.79. The number of aryl methyl sites for hydroxylation is 1. The van der Waals surface area contributed by atoms with E-state index in [9.17, 15) is 0 Å². The average molecular weight is 283 g/mol. The van der Waals surface area contributed by atoms with Crippen molar-refractivity contribution in [1.82, 2.24) is 9.78 Å². The van der Waals surface area contributed by atoms with Gasteiger partial charge in [-0.25, -0.2) is 0 Å². The predicted molar refractivity (Wildman–Crippen MR) is 84.2 cm³/mol.